The van der Waals surface area contributed by atoms with Crippen LogP contribution in [0.5, 0.6) is 5.88 Å². The van der Waals surface area contributed by atoms with Gasteiger partial charge < -0.3 is 15.8 Å². The average molecular weight is 371 g/mol. The SMILES string of the molecule is NC(=O)[C@H](CC1CC1)NC(=O)c1ccc(C(F)(F)F)c(OCC2CC2)n1. The molecule has 0 unspecified atom stereocenters. The molecule has 0 aromatic carbocycles. The van der Waals surface area contributed by atoms with Gasteiger partial charge in [-0.2, -0.15) is 13.2 Å². The van der Waals surface area contributed by atoms with E-state index in [9.17, 15) is 22.8 Å². The Hall–Kier alpha value is -2.32. The maximum atomic E-state index is 13.1. The number of carbonyl (C=O) groups excluding carboxylic acids is 2. The molecule has 2 fully saturated rings. The van der Waals surface area contributed by atoms with Gasteiger partial charge in [-0.3, -0.25) is 9.59 Å². The van der Waals surface area contributed by atoms with Crippen LogP contribution in [-0.2, 0) is 11.0 Å². The number of nitrogens with two attached hydrogens (primary N) is 1. The van der Waals surface area contributed by atoms with E-state index in [4.69, 9.17) is 10.5 Å². The van der Waals surface area contributed by atoms with E-state index in [1.54, 1.807) is 0 Å². The molecule has 1 atom stereocenters. The monoisotopic (exact) mass is 371 g/mol. The van der Waals surface area contributed by atoms with Gasteiger partial charge in [-0.05, 0) is 43.2 Å². The summed E-state index contributed by atoms with van der Waals surface area (Å²) < 4.78 is 44.5. The van der Waals surface area contributed by atoms with Crippen LogP contribution in [0.15, 0.2) is 12.1 Å². The zero-order chi connectivity index (χ0) is 18.9. The summed E-state index contributed by atoms with van der Waals surface area (Å²) in [7, 11) is 0. The zero-order valence-corrected chi connectivity index (χ0v) is 14.0. The fraction of sp³-hybridized carbons (Fsp3) is 0.588. The van der Waals surface area contributed by atoms with Gasteiger partial charge in [-0.1, -0.05) is 12.8 Å². The maximum absolute atomic E-state index is 13.1. The Morgan fingerprint density at radius 3 is 2.42 bits per heavy atom. The van der Waals surface area contributed by atoms with Gasteiger partial charge in [0.15, 0.2) is 0 Å². The summed E-state index contributed by atoms with van der Waals surface area (Å²) in [4.78, 5) is 27.5. The third kappa shape index (κ3) is 4.86. The fourth-order valence-electron chi connectivity index (χ4n) is 2.54. The minimum atomic E-state index is -4.64. The average Bonchev–Trinajstić information content (AvgIpc) is 3.45. The van der Waals surface area contributed by atoms with Crippen molar-refractivity contribution < 1.29 is 27.5 Å². The van der Waals surface area contributed by atoms with Gasteiger partial charge in [-0.25, -0.2) is 4.98 Å². The molecule has 3 N–H and O–H groups in total. The molecule has 1 aromatic rings. The zero-order valence-electron chi connectivity index (χ0n) is 14.0. The third-order valence-corrected chi connectivity index (χ3v) is 4.47. The minimum absolute atomic E-state index is 0.132. The number of alkyl halides is 3. The second kappa shape index (κ2) is 7.13. The van der Waals surface area contributed by atoms with Crippen LogP contribution in [0.3, 0.4) is 0 Å². The van der Waals surface area contributed by atoms with Crippen molar-refractivity contribution in [3.05, 3.63) is 23.4 Å². The smallest absolute Gasteiger partial charge is 0.421 e. The summed E-state index contributed by atoms with van der Waals surface area (Å²) in [6.07, 6.45) is -0.462. The van der Waals surface area contributed by atoms with Crippen molar-refractivity contribution in [3.63, 3.8) is 0 Å². The van der Waals surface area contributed by atoms with Crippen LogP contribution in [0.25, 0.3) is 0 Å². The summed E-state index contributed by atoms with van der Waals surface area (Å²) in [5, 5.41) is 2.45. The van der Waals surface area contributed by atoms with Gasteiger partial charge >= 0.3 is 6.18 Å². The largest absolute Gasteiger partial charge is 0.477 e. The fourth-order valence-corrected chi connectivity index (χ4v) is 2.54. The molecule has 0 bridgehead atoms. The van der Waals surface area contributed by atoms with E-state index in [0.717, 1.165) is 37.8 Å². The van der Waals surface area contributed by atoms with Gasteiger partial charge in [-0.15, -0.1) is 0 Å². The Morgan fingerprint density at radius 1 is 1.23 bits per heavy atom. The molecule has 6 nitrogen and oxygen atoms in total. The molecule has 0 aliphatic heterocycles. The number of nitrogens with zero attached hydrogens (tertiary/aromatic N) is 1. The number of hydrogen-bond acceptors (Lipinski definition) is 4. The highest BCUT2D eigenvalue weighted by molar-refractivity contribution is 5.96. The summed E-state index contributed by atoms with van der Waals surface area (Å²) in [5.74, 6) is -1.48. The lowest BCUT2D eigenvalue weighted by Gasteiger charge is -2.16. The molecule has 2 aliphatic rings. The number of nitrogens with one attached hydrogen (secondary N) is 1. The molecular weight excluding hydrogens is 351 g/mol. The van der Waals surface area contributed by atoms with Gasteiger partial charge in [0.05, 0.1) is 6.61 Å². The van der Waals surface area contributed by atoms with Crippen LogP contribution < -0.4 is 15.8 Å². The number of amides is 2. The predicted molar refractivity (Wildman–Crippen MR) is 85.2 cm³/mol. The quantitative estimate of drug-likeness (QED) is 0.733. The number of halogens is 3. The number of carbonyl (C=O) groups is 2. The van der Waals surface area contributed by atoms with E-state index in [-0.39, 0.29) is 18.2 Å². The second-order valence-electron chi connectivity index (χ2n) is 6.91. The molecule has 2 amide bonds. The van der Waals surface area contributed by atoms with Crippen molar-refractivity contribution in [2.45, 2.75) is 44.3 Å². The van der Waals surface area contributed by atoms with Crippen molar-refractivity contribution in [2.24, 2.45) is 17.6 Å². The molecule has 0 saturated heterocycles. The molecule has 1 heterocycles. The van der Waals surface area contributed by atoms with Crippen molar-refractivity contribution >= 4 is 11.8 Å². The Kier molecular flexibility index (Phi) is 5.06. The summed E-state index contributed by atoms with van der Waals surface area (Å²) in [5.41, 5.74) is 4.02. The first-order chi connectivity index (χ1) is 12.2. The van der Waals surface area contributed by atoms with Crippen LogP contribution in [0, 0.1) is 11.8 Å². The molecule has 9 heteroatoms. The Morgan fingerprint density at radius 2 is 1.88 bits per heavy atom. The lowest BCUT2D eigenvalue weighted by molar-refractivity contribution is -0.139. The molecule has 3 rings (SSSR count). The van der Waals surface area contributed by atoms with Crippen molar-refractivity contribution in [1.29, 1.82) is 0 Å². The van der Waals surface area contributed by atoms with Crippen LogP contribution in [-0.4, -0.2) is 29.4 Å². The molecule has 26 heavy (non-hydrogen) atoms. The van der Waals surface area contributed by atoms with Crippen molar-refractivity contribution in [3.8, 4) is 5.88 Å². The molecule has 142 valence electrons. The van der Waals surface area contributed by atoms with E-state index < -0.39 is 35.5 Å². The number of hydrogen-bond donors (Lipinski definition) is 2. The summed E-state index contributed by atoms with van der Waals surface area (Å²) in [6, 6.07) is 0.872. The first kappa shape index (κ1) is 18.5. The maximum Gasteiger partial charge on any atom is 0.421 e. The number of aromatic nitrogens is 1. The molecule has 0 radical (unpaired) electrons. The first-order valence-electron chi connectivity index (χ1n) is 8.55. The number of ether oxygens (including phenoxy) is 1. The van der Waals surface area contributed by atoms with Crippen molar-refractivity contribution in [2.75, 3.05) is 6.61 Å². The normalized spacial score (nSPS) is 18.3. The van der Waals surface area contributed by atoms with Crippen molar-refractivity contribution in [1.82, 2.24) is 10.3 Å². The molecule has 2 aliphatic carbocycles. The first-order valence-corrected chi connectivity index (χ1v) is 8.55. The Bertz CT molecular complexity index is 700. The number of pyridine rings is 1. The van der Waals surface area contributed by atoms with Gasteiger partial charge in [0.2, 0.25) is 11.8 Å². The minimum Gasteiger partial charge on any atom is -0.477 e. The number of rotatable bonds is 8. The lowest BCUT2D eigenvalue weighted by atomic mass is 10.1. The standard InChI is InChI=1S/C17H20F3N3O3/c18-17(19,20)11-5-6-12(23-16(11)26-8-10-3-4-10)15(25)22-13(14(21)24)7-9-1-2-9/h5-6,9-10,13H,1-4,7-8H2,(H2,21,24)(H,22,25)/t13-/m0/s1. The van der Waals surface area contributed by atoms with Crippen LogP contribution >= 0.6 is 0 Å². The van der Waals surface area contributed by atoms with E-state index in [1.807, 2.05) is 0 Å². The van der Waals surface area contributed by atoms with E-state index in [0.29, 0.717) is 12.3 Å². The predicted octanol–water partition coefficient (Wildman–Crippen LogP) is 2.27. The summed E-state index contributed by atoms with van der Waals surface area (Å²) >= 11 is 0. The lowest BCUT2D eigenvalue weighted by Crippen LogP contribution is -2.45. The Labute approximate surface area is 148 Å². The summed E-state index contributed by atoms with van der Waals surface area (Å²) in [6.45, 7) is 0.132. The number of primary amides is 1. The highest BCUT2D eigenvalue weighted by atomic mass is 19.4. The highest BCUT2D eigenvalue weighted by Gasteiger charge is 2.37. The van der Waals surface area contributed by atoms with Crippen LogP contribution in [0.4, 0.5) is 13.2 Å². The van der Waals surface area contributed by atoms with Gasteiger partial charge in [0.1, 0.15) is 17.3 Å². The van der Waals surface area contributed by atoms with Gasteiger partial charge in [0.25, 0.3) is 5.91 Å². The molecular formula is C17H20F3N3O3. The van der Waals surface area contributed by atoms with Gasteiger partial charge in [0, 0.05) is 0 Å². The third-order valence-electron chi connectivity index (χ3n) is 4.47. The van der Waals surface area contributed by atoms with E-state index in [2.05, 4.69) is 10.3 Å². The highest BCUT2D eigenvalue weighted by Crippen LogP contribution is 2.37. The topological polar surface area (TPSA) is 94.3 Å². The van der Waals surface area contributed by atoms with Crippen LogP contribution in [0.2, 0.25) is 0 Å². The second-order valence-corrected chi connectivity index (χ2v) is 6.91. The van der Waals surface area contributed by atoms with Crippen LogP contribution in [0.1, 0.15) is 48.2 Å². The van der Waals surface area contributed by atoms with E-state index in [1.165, 1.54) is 0 Å². The molecule has 0 spiro atoms. The molecule has 2 saturated carbocycles. The molecule has 1 aromatic heterocycles. The Balaban J connectivity index is 1.75. The van der Waals surface area contributed by atoms with E-state index >= 15 is 0 Å².